The largest absolute Gasteiger partial charge is 0.465 e. The van der Waals surface area contributed by atoms with Crippen molar-refractivity contribution >= 4 is 5.97 Å². The van der Waals surface area contributed by atoms with E-state index in [1.807, 2.05) is 0 Å². The summed E-state index contributed by atoms with van der Waals surface area (Å²) in [6.07, 6.45) is 4.80. The van der Waals surface area contributed by atoms with Gasteiger partial charge in [0.25, 0.3) is 0 Å². The van der Waals surface area contributed by atoms with Crippen molar-refractivity contribution in [2.75, 3.05) is 14.2 Å². The lowest BCUT2D eigenvalue weighted by molar-refractivity contribution is -0.136. The van der Waals surface area contributed by atoms with E-state index in [1.165, 1.54) is 24.3 Å². The van der Waals surface area contributed by atoms with Crippen molar-refractivity contribution in [3.63, 3.8) is 0 Å². The second-order valence-corrected chi connectivity index (χ2v) is 3.18. The van der Waals surface area contributed by atoms with Crippen LogP contribution in [0.4, 0.5) is 4.39 Å². The Bertz CT molecular complexity index is 356. The summed E-state index contributed by atoms with van der Waals surface area (Å²) in [5.41, 5.74) is 0.666. The Morgan fingerprint density at radius 1 is 1.73 bits per heavy atom. The highest BCUT2D eigenvalue weighted by molar-refractivity contribution is 5.93. The molecular weight excluding hydrogens is 199 g/mol. The molecule has 15 heavy (non-hydrogen) atoms. The van der Waals surface area contributed by atoms with Crippen LogP contribution < -0.4 is 5.84 Å². The van der Waals surface area contributed by atoms with Crippen LogP contribution in [0.25, 0.3) is 0 Å². The van der Waals surface area contributed by atoms with Gasteiger partial charge >= 0.3 is 5.97 Å². The van der Waals surface area contributed by atoms with Gasteiger partial charge < -0.3 is 9.75 Å². The quantitative estimate of drug-likeness (QED) is 0.422. The number of methoxy groups -OCH3 is 1. The number of hydrazine groups is 1. The van der Waals surface area contributed by atoms with Crippen LogP contribution >= 0.6 is 0 Å². The number of carbonyl (C=O) groups excluding carboxylic acids is 1. The number of hydrogen-bond donors (Lipinski definition) is 1. The van der Waals surface area contributed by atoms with Gasteiger partial charge in [0.2, 0.25) is 0 Å². The van der Waals surface area contributed by atoms with E-state index in [-0.39, 0.29) is 5.57 Å². The highest BCUT2D eigenvalue weighted by atomic mass is 19.1. The van der Waals surface area contributed by atoms with Gasteiger partial charge in [-0.15, -0.1) is 0 Å². The van der Waals surface area contributed by atoms with E-state index >= 15 is 0 Å². The zero-order chi connectivity index (χ0) is 11.4. The molecule has 0 aromatic rings. The average molecular weight is 212 g/mol. The number of nitrogens with two attached hydrogens (primary N) is 1. The monoisotopic (exact) mass is 212 g/mol. The molecule has 0 bridgehead atoms. The first-order chi connectivity index (χ1) is 7.04. The van der Waals surface area contributed by atoms with Crippen LogP contribution in [0.3, 0.4) is 0 Å². The fraction of sp³-hybridized carbons (Fsp3) is 0.300. The minimum absolute atomic E-state index is 0.0330. The van der Waals surface area contributed by atoms with Crippen LogP contribution in [0.5, 0.6) is 0 Å². The number of carbonyl (C=O) groups is 1. The van der Waals surface area contributed by atoms with Crippen LogP contribution in [0.2, 0.25) is 0 Å². The van der Waals surface area contributed by atoms with Gasteiger partial charge in [0.15, 0.2) is 0 Å². The van der Waals surface area contributed by atoms with Gasteiger partial charge in [-0.25, -0.2) is 15.0 Å². The topological polar surface area (TPSA) is 55.6 Å². The summed E-state index contributed by atoms with van der Waals surface area (Å²) in [5.74, 6) is 4.12. The zero-order valence-electron chi connectivity index (χ0n) is 8.66. The molecule has 0 aromatic carbocycles. The molecule has 0 saturated carbocycles. The second kappa shape index (κ2) is 4.75. The van der Waals surface area contributed by atoms with Crippen molar-refractivity contribution in [1.82, 2.24) is 5.01 Å². The van der Waals surface area contributed by atoms with Gasteiger partial charge in [0.05, 0.1) is 12.7 Å². The SMILES string of the molecule is COC(=O)C1=CC/C(=C\N(C)N)C=C1F. The molecule has 0 aromatic heterocycles. The van der Waals surface area contributed by atoms with E-state index in [1.54, 1.807) is 13.2 Å². The minimum atomic E-state index is -0.663. The van der Waals surface area contributed by atoms with E-state index in [4.69, 9.17) is 5.84 Å². The van der Waals surface area contributed by atoms with Crippen molar-refractivity contribution in [1.29, 1.82) is 0 Å². The fourth-order valence-corrected chi connectivity index (χ4v) is 1.26. The van der Waals surface area contributed by atoms with Gasteiger partial charge in [-0.3, -0.25) is 0 Å². The lowest BCUT2D eigenvalue weighted by atomic mass is 10.0. The smallest absolute Gasteiger partial charge is 0.340 e. The Morgan fingerprint density at radius 2 is 2.40 bits per heavy atom. The van der Waals surface area contributed by atoms with Crippen LogP contribution in [-0.4, -0.2) is 25.1 Å². The maximum absolute atomic E-state index is 13.4. The molecule has 0 saturated heterocycles. The Labute approximate surface area is 87.5 Å². The Balaban J connectivity index is 2.85. The summed E-state index contributed by atoms with van der Waals surface area (Å²) in [7, 11) is 2.85. The van der Waals surface area contributed by atoms with Crippen LogP contribution in [0.1, 0.15) is 6.42 Å². The molecule has 82 valence electrons. The second-order valence-electron chi connectivity index (χ2n) is 3.18. The Kier molecular flexibility index (Phi) is 3.62. The fourth-order valence-electron chi connectivity index (χ4n) is 1.26. The molecule has 0 atom stereocenters. The van der Waals surface area contributed by atoms with Gasteiger partial charge in [0, 0.05) is 13.2 Å². The molecule has 1 rings (SSSR count). The molecule has 0 aliphatic heterocycles. The van der Waals surface area contributed by atoms with E-state index < -0.39 is 11.8 Å². The van der Waals surface area contributed by atoms with Gasteiger partial charge in [0.1, 0.15) is 5.83 Å². The summed E-state index contributed by atoms with van der Waals surface area (Å²) in [4.78, 5) is 11.1. The average Bonchev–Trinajstić information content (AvgIpc) is 2.16. The molecule has 0 spiro atoms. The first-order valence-corrected chi connectivity index (χ1v) is 4.39. The number of ether oxygens (including phenoxy) is 1. The number of allylic oxidation sites excluding steroid dienone is 3. The molecule has 0 radical (unpaired) electrons. The van der Waals surface area contributed by atoms with E-state index in [0.717, 1.165) is 0 Å². The number of hydrogen-bond acceptors (Lipinski definition) is 4. The molecule has 2 N–H and O–H groups in total. The highest BCUT2D eigenvalue weighted by Gasteiger charge is 2.18. The molecule has 1 aliphatic rings. The Morgan fingerprint density at radius 3 is 2.87 bits per heavy atom. The van der Waals surface area contributed by atoms with Crippen molar-refractivity contribution in [3.05, 3.63) is 35.3 Å². The number of halogens is 1. The third-order valence-electron chi connectivity index (χ3n) is 1.89. The lowest BCUT2D eigenvalue weighted by Crippen LogP contribution is -2.19. The predicted molar refractivity (Wildman–Crippen MR) is 53.9 cm³/mol. The Hall–Kier alpha value is -1.62. The molecule has 0 fully saturated rings. The van der Waals surface area contributed by atoms with Gasteiger partial charge in [-0.2, -0.15) is 0 Å². The van der Waals surface area contributed by atoms with Crippen molar-refractivity contribution in [2.24, 2.45) is 5.84 Å². The third kappa shape index (κ3) is 2.92. The van der Waals surface area contributed by atoms with E-state index in [2.05, 4.69) is 4.74 Å². The maximum Gasteiger partial charge on any atom is 0.340 e. The number of nitrogens with zero attached hydrogens (tertiary/aromatic N) is 1. The highest BCUT2D eigenvalue weighted by Crippen LogP contribution is 2.24. The van der Waals surface area contributed by atoms with Crippen molar-refractivity contribution in [2.45, 2.75) is 6.42 Å². The standard InChI is InChI=1S/C10H13FN2O2/c1-13(12)6-7-3-4-8(9(11)5-7)10(14)15-2/h4-6H,3,12H2,1-2H3/b7-6+. The molecule has 0 heterocycles. The molecular formula is C10H13FN2O2. The summed E-state index contributed by atoms with van der Waals surface area (Å²) in [6.45, 7) is 0. The minimum Gasteiger partial charge on any atom is -0.465 e. The third-order valence-corrected chi connectivity index (χ3v) is 1.89. The molecule has 5 heteroatoms. The first kappa shape index (κ1) is 11.5. The van der Waals surface area contributed by atoms with Crippen LogP contribution in [0.15, 0.2) is 35.3 Å². The molecule has 0 unspecified atom stereocenters. The summed E-state index contributed by atoms with van der Waals surface area (Å²) >= 11 is 0. The predicted octanol–water partition coefficient (Wildman–Crippen LogP) is 1.03. The van der Waals surface area contributed by atoms with Crippen LogP contribution in [0, 0.1) is 0 Å². The maximum atomic E-state index is 13.4. The van der Waals surface area contributed by atoms with Crippen molar-refractivity contribution < 1.29 is 13.9 Å². The van der Waals surface area contributed by atoms with E-state index in [9.17, 15) is 9.18 Å². The van der Waals surface area contributed by atoms with Gasteiger partial charge in [-0.1, -0.05) is 6.08 Å². The van der Waals surface area contributed by atoms with Gasteiger partial charge in [-0.05, 0) is 18.1 Å². The molecule has 0 amide bonds. The lowest BCUT2D eigenvalue weighted by Gasteiger charge is -2.12. The normalized spacial score (nSPS) is 18.3. The summed E-state index contributed by atoms with van der Waals surface area (Å²) in [5, 5.41) is 1.33. The number of rotatable bonds is 2. The molecule has 4 nitrogen and oxygen atoms in total. The van der Waals surface area contributed by atoms with E-state index in [0.29, 0.717) is 12.0 Å². The number of esters is 1. The van der Waals surface area contributed by atoms with Crippen LogP contribution in [-0.2, 0) is 9.53 Å². The zero-order valence-corrected chi connectivity index (χ0v) is 8.66. The van der Waals surface area contributed by atoms with Crippen molar-refractivity contribution in [3.8, 4) is 0 Å². The molecule has 1 aliphatic carbocycles. The first-order valence-electron chi connectivity index (χ1n) is 4.39. The summed E-state index contributed by atoms with van der Waals surface area (Å²) < 4.78 is 17.8. The summed E-state index contributed by atoms with van der Waals surface area (Å²) in [6, 6.07) is 0.